The number of carbonyl (C=O) groups is 2. The molecule has 0 unspecified atom stereocenters. The molecule has 0 spiro atoms. The largest absolute Gasteiger partial charge is 0.508 e. The monoisotopic (exact) mass is 345 g/mol. The van der Waals surface area contributed by atoms with Gasteiger partial charge in [0.05, 0.1) is 12.0 Å². The first kappa shape index (κ1) is 16.5. The van der Waals surface area contributed by atoms with E-state index in [1.807, 2.05) is 6.07 Å². The smallest absolute Gasteiger partial charge is 0.333 e. The molecule has 24 heavy (non-hydrogen) atoms. The molecule has 1 heterocycles. The number of thiophene rings is 1. The number of aromatic hydroxyl groups is 1. The predicted octanol–water partition coefficient (Wildman–Crippen LogP) is 2.98. The van der Waals surface area contributed by atoms with Gasteiger partial charge in [-0.2, -0.15) is 0 Å². The zero-order chi connectivity index (χ0) is 17.1. The number of rotatable bonds is 4. The maximum Gasteiger partial charge on any atom is 0.333 e. The van der Waals surface area contributed by atoms with Crippen LogP contribution >= 0.6 is 11.3 Å². The third kappa shape index (κ3) is 3.43. The number of amides is 1. The third-order valence-corrected chi connectivity index (χ3v) is 5.37. The molecule has 0 fully saturated rings. The molecule has 3 rings (SSSR count). The van der Waals surface area contributed by atoms with Gasteiger partial charge < -0.3 is 15.2 Å². The molecule has 6 heteroatoms. The standard InChI is InChI=1S/C18H19NO4S/c1-23-18(22)16(12-6-4-7-13(20)9-12)19-17(21)15-10-11-5-2-3-8-14(11)24-15/h4,6-7,9-10,16,20H,2-3,5,8H2,1H3,(H,19,21)/t16-/m1/s1. The molecule has 1 amide bonds. The topological polar surface area (TPSA) is 75.6 Å². The molecule has 1 atom stereocenters. The van der Waals surface area contributed by atoms with Crippen molar-refractivity contribution < 1.29 is 19.4 Å². The van der Waals surface area contributed by atoms with Crippen molar-refractivity contribution in [1.82, 2.24) is 5.32 Å². The Morgan fingerprint density at radius 3 is 2.75 bits per heavy atom. The lowest BCUT2D eigenvalue weighted by Crippen LogP contribution is -2.34. The van der Waals surface area contributed by atoms with Crippen LogP contribution < -0.4 is 5.32 Å². The van der Waals surface area contributed by atoms with Gasteiger partial charge in [-0.15, -0.1) is 11.3 Å². The number of benzene rings is 1. The molecule has 1 aromatic heterocycles. The van der Waals surface area contributed by atoms with Crippen LogP contribution in [0.15, 0.2) is 30.3 Å². The summed E-state index contributed by atoms with van der Waals surface area (Å²) in [6.45, 7) is 0. The summed E-state index contributed by atoms with van der Waals surface area (Å²) in [5, 5.41) is 12.3. The average molecular weight is 345 g/mol. The van der Waals surface area contributed by atoms with E-state index >= 15 is 0 Å². The zero-order valence-corrected chi connectivity index (χ0v) is 14.2. The van der Waals surface area contributed by atoms with Crippen molar-refractivity contribution in [3.63, 3.8) is 0 Å². The normalized spacial score (nSPS) is 14.5. The van der Waals surface area contributed by atoms with Crippen LogP contribution in [0, 0.1) is 0 Å². The van der Waals surface area contributed by atoms with Crippen LogP contribution in [0.25, 0.3) is 0 Å². The van der Waals surface area contributed by atoms with Crippen LogP contribution in [0.1, 0.15) is 44.6 Å². The number of esters is 1. The Balaban J connectivity index is 1.83. The Kier molecular flexibility index (Phi) is 4.85. The number of aryl methyl sites for hydroxylation is 2. The van der Waals surface area contributed by atoms with E-state index in [4.69, 9.17) is 4.74 Å². The van der Waals surface area contributed by atoms with Gasteiger partial charge in [0.1, 0.15) is 5.75 Å². The highest BCUT2D eigenvalue weighted by atomic mass is 32.1. The number of phenols is 1. The Labute approximate surface area is 144 Å². The van der Waals surface area contributed by atoms with E-state index in [-0.39, 0.29) is 11.7 Å². The fourth-order valence-electron chi connectivity index (χ4n) is 2.91. The lowest BCUT2D eigenvalue weighted by molar-refractivity contribution is -0.143. The van der Waals surface area contributed by atoms with Gasteiger partial charge in [-0.05, 0) is 55.0 Å². The predicted molar refractivity (Wildman–Crippen MR) is 91.3 cm³/mol. The highest BCUT2D eigenvalue weighted by Crippen LogP contribution is 2.30. The van der Waals surface area contributed by atoms with Crippen LogP contribution in [0.5, 0.6) is 5.75 Å². The van der Waals surface area contributed by atoms with Crippen LogP contribution in [0.4, 0.5) is 0 Å². The van der Waals surface area contributed by atoms with Gasteiger partial charge in [0.2, 0.25) is 0 Å². The summed E-state index contributed by atoms with van der Waals surface area (Å²) in [6, 6.07) is 7.21. The lowest BCUT2D eigenvalue weighted by Gasteiger charge is -2.16. The second-order valence-corrected chi connectivity index (χ2v) is 6.93. The molecule has 5 nitrogen and oxygen atoms in total. The highest BCUT2D eigenvalue weighted by molar-refractivity contribution is 7.14. The van der Waals surface area contributed by atoms with Gasteiger partial charge in [0, 0.05) is 4.88 Å². The van der Waals surface area contributed by atoms with E-state index in [0.717, 1.165) is 25.7 Å². The molecule has 0 radical (unpaired) electrons. The summed E-state index contributed by atoms with van der Waals surface area (Å²) in [5.41, 5.74) is 1.72. The number of fused-ring (bicyclic) bond motifs is 1. The molecule has 0 saturated carbocycles. The highest BCUT2D eigenvalue weighted by Gasteiger charge is 2.26. The van der Waals surface area contributed by atoms with E-state index in [0.29, 0.717) is 10.4 Å². The van der Waals surface area contributed by atoms with Crippen LogP contribution in [0.3, 0.4) is 0 Å². The van der Waals surface area contributed by atoms with Crippen molar-refractivity contribution >= 4 is 23.2 Å². The second-order valence-electron chi connectivity index (χ2n) is 5.79. The zero-order valence-electron chi connectivity index (χ0n) is 13.4. The lowest BCUT2D eigenvalue weighted by atomic mass is 9.99. The minimum Gasteiger partial charge on any atom is -0.508 e. The van der Waals surface area contributed by atoms with Crippen molar-refractivity contribution in [2.75, 3.05) is 7.11 Å². The SMILES string of the molecule is COC(=O)[C@H](NC(=O)c1cc2c(s1)CCCC2)c1cccc(O)c1. The molecular formula is C18H19NO4S. The van der Waals surface area contributed by atoms with Crippen molar-refractivity contribution in [3.05, 3.63) is 51.2 Å². The number of phenolic OH excluding ortho intramolecular Hbond substituents is 1. The summed E-state index contributed by atoms with van der Waals surface area (Å²) < 4.78 is 4.79. The molecule has 2 N–H and O–H groups in total. The number of ether oxygens (including phenoxy) is 1. The third-order valence-electron chi connectivity index (χ3n) is 4.14. The first-order chi connectivity index (χ1) is 11.6. The summed E-state index contributed by atoms with van der Waals surface area (Å²) in [4.78, 5) is 26.5. The van der Waals surface area contributed by atoms with Gasteiger partial charge in [-0.3, -0.25) is 4.79 Å². The summed E-state index contributed by atoms with van der Waals surface area (Å²) >= 11 is 1.49. The van der Waals surface area contributed by atoms with Crippen LogP contribution in [-0.4, -0.2) is 24.1 Å². The van der Waals surface area contributed by atoms with Gasteiger partial charge in [0.25, 0.3) is 5.91 Å². The second kappa shape index (κ2) is 7.05. The fraction of sp³-hybridized carbons (Fsp3) is 0.333. The van der Waals surface area contributed by atoms with Gasteiger partial charge >= 0.3 is 5.97 Å². The van der Waals surface area contributed by atoms with E-state index in [2.05, 4.69) is 5.32 Å². The molecule has 126 valence electrons. The minimum atomic E-state index is -0.950. The van der Waals surface area contributed by atoms with E-state index < -0.39 is 12.0 Å². The number of carbonyl (C=O) groups excluding carboxylic acids is 2. The van der Waals surface area contributed by atoms with Crippen molar-refractivity contribution in [1.29, 1.82) is 0 Å². The molecular weight excluding hydrogens is 326 g/mol. The maximum atomic E-state index is 12.6. The average Bonchev–Trinajstić information content (AvgIpc) is 3.03. The number of hydrogen-bond donors (Lipinski definition) is 2. The summed E-state index contributed by atoms with van der Waals surface area (Å²) in [7, 11) is 1.27. The van der Waals surface area contributed by atoms with E-state index in [9.17, 15) is 14.7 Å². The molecule has 0 bridgehead atoms. The fourth-order valence-corrected chi connectivity index (χ4v) is 4.06. The molecule has 1 aliphatic carbocycles. The van der Waals surface area contributed by atoms with Crippen LogP contribution in [-0.2, 0) is 22.4 Å². The molecule has 0 aliphatic heterocycles. The molecule has 2 aromatic rings. The Morgan fingerprint density at radius 2 is 2.04 bits per heavy atom. The van der Waals surface area contributed by atoms with E-state index in [1.165, 1.54) is 41.0 Å². The van der Waals surface area contributed by atoms with Gasteiger partial charge in [-0.25, -0.2) is 4.79 Å². The van der Waals surface area contributed by atoms with Gasteiger partial charge in [-0.1, -0.05) is 12.1 Å². The Hall–Kier alpha value is -2.34. The first-order valence-electron chi connectivity index (χ1n) is 7.87. The molecule has 0 saturated heterocycles. The van der Waals surface area contributed by atoms with E-state index in [1.54, 1.807) is 12.1 Å². The maximum absolute atomic E-state index is 12.6. The number of hydrogen-bond acceptors (Lipinski definition) is 5. The summed E-state index contributed by atoms with van der Waals surface area (Å²) in [5.74, 6) is -0.842. The van der Waals surface area contributed by atoms with Gasteiger partial charge in [0.15, 0.2) is 6.04 Å². The Bertz CT molecular complexity index is 745. The van der Waals surface area contributed by atoms with Crippen LogP contribution in [0.2, 0.25) is 0 Å². The summed E-state index contributed by atoms with van der Waals surface area (Å²) in [6.07, 6.45) is 4.33. The van der Waals surface area contributed by atoms with Crippen molar-refractivity contribution in [2.24, 2.45) is 0 Å². The molecule has 1 aliphatic rings. The first-order valence-corrected chi connectivity index (χ1v) is 8.69. The molecule has 1 aromatic carbocycles. The minimum absolute atomic E-state index is 0.0299. The number of nitrogens with one attached hydrogen (secondary N) is 1. The number of methoxy groups -OCH3 is 1. The van der Waals surface area contributed by atoms with Crippen molar-refractivity contribution in [2.45, 2.75) is 31.7 Å². The van der Waals surface area contributed by atoms with Crippen molar-refractivity contribution in [3.8, 4) is 5.75 Å². The quantitative estimate of drug-likeness (QED) is 0.836. The Morgan fingerprint density at radius 1 is 1.25 bits per heavy atom.